The number of nitrogens with one attached hydrogen (secondary N) is 2. The van der Waals surface area contributed by atoms with E-state index in [1.807, 2.05) is 24.3 Å². The molecule has 0 saturated carbocycles. The fraction of sp³-hybridized carbons (Fsp3) is 0.125. The number of hydrogen-bond donors (Lipinski definition) is 2. The lowest BCUT2D eigenvalue weighted by Gasteiger charge is -1.98. The van der Waals surface area contributed by atoms with Crippen LogP contribution in [0.15, 0.2) is 59.2 Å². The molecule has 1 aromatic carbocycles. The van der Waals surface area contributed by atoms with Gasteiger partial charge >= 0.3 is 0 Å². The zero-order valence-corrected chi connectivity index (χ0v) is 11.4. The second-order valence-electron chi connectivity index (χ2n) is 4.70. The molecule has 2 aromatic heterocycles. The Morgan fingerprint density at radius 1 is 1.14 bits per heavy atom. The summed E-state index contributed by atoms with van der Waals surface area (Å²) in [5, 5.41) is 9.70. The van der Waals surface area contributed by atoms with E-state index in [9.17, 15) is 4.79 Å². The van der Waals surface area contributed by atoms with Crippen molar-refractivity contribution in [2.75, 3.05) is 5.32 Å². The van der Waals surface area contributed by atoms with Gasteiger partial charge in [0.2, 0.25) is 0 Å². The highest BCUT2D eigenvalue weighted by atomic mass is 16.3. The number of H-pyrrole nitrogens is 1. The normalized spacial score (nSPS) is 10.5. The van der Waals surface area contributed by atoms with Gasteiger partial charge in [-0.15, -0.1) is 0 Å². The summed E-state index contributed by atoms with van der Waals surface area (Å²) >= 11 is 0. The summed E-state index contributed by atoms with van der Waals surface area (Å²) in [5.41, 5.74) is 2.25. The molecule has 1 amide bonds. The van der Waals surface area contributed by atoms with Gasteiger partial charge in [-0.05, 0) is 30.5 Å². The number of rotatable bonds is 5. The standard InChI is InChI=1S/C16H15N3O2/c20-16(14-7-4-10-21-14)17-15-11-13(18-19-15)9-8-12-5-2-1-3-6-12/h1-7,10-11H,8-9H2,(H2,17,18,19,20). The predicted molar refractivity (Wildman–Crippen MR) is 79.1 cm³/mol. The fourth-order valence-corrected chi connectivity index (χ4v) is 2.06. The summed E-state index contributed by atoms with van der Waals surface area (Å²) in [6.07, 6.45) is 3.23. The molecule has 0 aliphatic carbocycles. The van der Waals surface area contributed by atoms with Crippen molar-refractivity contribution in [2.24, 2.45) is 0 Å². The Bertz CT molecular complexity index is 702. The molecule has 5 nitrogen and oxygen atoms in total. The monoisotopic (exact) mass is 281 g/mol. The number of carbonyl (C=O) groups is 1. The maximum Gasteiger partial charge on any atom is 0.292 e. The van der Waals surface area contributed by atoms with Crippen LogP contribution < -0.4 is 5.32 Å². The summed E-state index contributed by atoms with van der Waals surface area (Å²) in [6.45, 7) is 0. The summed E-state index contributed by atoms with van der Waals surface area (Å²) in [7, 11) is 0. The molecular weight excluding hydrogens is 266 g/mol. The molecule has 0 bridgehead atoms. The van der Waals surface area contributed by atoms with E-state index in [1.165, 1.54) is 11.8 Å². The molecule has 5 heteroatoms. The highest BCUT2D eigenvalue weighted by Crippen LogP contribution is 2.11. The minimum Gasteiger partial charge on any atom is -0.459 e. The Morgan fingerprint density at radius 2 is 2.00 bits per heavy atom. The van der Waals surface area contributed by atoms with Gasteiger partial charge in [0, 0.05) is 11.8 Å². The number of amides is 1. The van der Waals surface area contributed by atoms with Crippen LogP contribution in [0.4, 0.5) is 5.82 Å². The van der Waals surface area contributed by atoms with Crippen LogP contribution in [0.3, 0.4) is 0 Å². The van der Waals surface area contributed by atoms with Gasteiger partial charge in [-0.1, -0.05) is 30.3 Å². The van der Waals surface area contributed by atoms with E-state index in [4.69, 9.17) is 4.42 Å². The third-order valence-electron chi connectivity index (χ3n) is 3.14. The summed E-state index contributed by atoms with van der Waals surface area (Å²) in [6, 6.07) is 15.4. The third kappa shape index (κ3) is 3.39. The van der Waals surface area contributed by atoms with Crippen LogP contribution in [0.5, 0.6) is 0 Å². The maximum absolute atomic E-state index is 11.8. The SMILES string of the molecule is O=C(Nc1cc(CCc2ccccc2)[nH]n1)c1ccco1. The molecule has 0 saturated heterocycles. The topological polar surface area (TPSA) is 70.9 Å². The molecule has 0 unspecified atom stereocenters. The first-order chi connectivity index (χ1) is 10.3. The van der Waals surface area contributed by atoms with Crippen molar-refractivity contribution >= 4 is 11.7 Å². The van der Waals surface area contributed by atoms with Gasteiger partial charge in [0.15, 0.2) is 11.6 Å². The summed E-state index contributed by atoms with van der Waals surface area (Å²) < 4.78 is 5.03. The number of nitrogens with zero attached hydrogens (tertiary/aromatic N) is 1. The molecule has 0 radical (unpaired) electrons. The Hall–Kier alpha value is -2.82. The molecule has 21 heavy (non-hydrogen) atoms. The van der Waals surface area contributed by atoms with E-state index in [2.05, 4.69) is 27.6 Å². The van der Waals surface area contributed by atoms with Crippen molar-refractivity contribution in [3.63, 3.8) is 0 Å². The lowest BCUT2D eigenvalue weighted by Crippen LogP contribution is -2.10. The van der Waals surface area contributed by atoms with Crippen LogP contribution in [0, 0.1) is 0 Å². The fourth-order valence-electron chi connectivity index (χ4n) is 2.06. The minimum atomic E-state index is -0.305. The van der Waals surface area contributed by atoms with E-state index >= 15 is 0 Å². The molecule has 2 heterocycles. The van der Waals surface area contributed by atoms with Gasteiger partial charge in [0.05, 0.1) is 6.26 Å². The van der Waals surface area contributed by atoms with E-state index in [0.29, 0.717) is 5.82 Å². The van der Waals surface area contributed by atoms with Crippen LogP contribution >= 0.6 is 0 Å². The molecular formula is C16H15N3O2. The van der Waals surface area contributed by atoms with Gasteiger partial charge in [0.1, 0.15) is 0 Å². The van der Waals surface area contributed by atoms with Crippen LogP contribution in [0.25, 0.3) is 0 Å². The average Bonchev–Trinajstić information content (AvgIpc) is 3.18. The number of anilines is 1. The van der Waals surface area contributed by atoms with Crippen molar-refractivity contribution < 1.29 is 9.21 Å². The van der Waals surface area contributed by atoms with Crippen LogP contribution in [0.2, 0.25) is 0 Å². The van der Waals surface area contributed by atoms with Crippen LogP contribution in [-0.4, -0.2) is 16.1 Å². The predicted octanol–water partition coefficient (Wildman–Crippen LogP) is 3.04. The zero-order valence-electron chi connectivity index (χ0n) is 11.4. The lowest BCUT2D eigenvalue weighted by atomic mass is 10.1. The molecule has 106 valence electrons. The molecule has 0 fully saturated rings. The smallest absolute Gasteiger partial charge is 0.292 e. The van der Waals surface area contributed by atoms with E-state index in [-0.39, 0.29) is 11.7 Å². The Morgan fingerprint density at radius 3 is 2.76 bits per heavy atom. The minimum absolute atomic E-state index is 0.267. The van der Waals surface area contributed by atoms with E-state index < -0.39 is 0 Å². The zero-order chi connectivity index (χ0) is 14.5. The van der Waals surface area contributed by atoms with Gasteiger partial charge in [-0.2, -0.15) is 5.10 Å². The molecule has 0 aliphatic heterocycles. The van der Waals surface area contributed by atoms with Gasteiger partial charge in [0.25, 0.3) is 5.91 Å². The van der Waals surface area contributed by atoms with Gasteiger partial charge in [-0.3, -0.25) is 9.89 Å². The Balaban J connectivity index is 1.57. The van der Waals surface area contributed by atoms with Crippen molar-refractivity contribution in [2.45, 2.75) is 12.8 Å². The van der Waals surface area contributed by atoms with Crippen LogP contribution in [0.1, 0.15) is 21.8 Å². The number of aromatic amines is 1. The number of benzene rings is 1. The summed E-state index contributed by atoms with van der Waals surface area (Å²) in [5.74, 6) is 0.462. The third-order valence-corrected chi connectivity index (χ3v) is 3.14. The molecule has 0 aliphatic rings. The number of aryl methyl sites for hydroxylation is 2. The lowest BCUT2D eigenvalue weighted by molar-refractivity contribution is 0.0996. The highest BCUT2D eigenvalue weighted by Gasteiger charge is 2.10. The quantitative estimate of drug-likeness (QED) is 0.755. The first-order valence-corrected chi connectivity index (χ1v) is 6.74. The van der Waals surface area contributed by atoms with E-state index in [1.54, 1.807) is 12.1 Å². The van der Waals surface area contributed by atoms with Gasteiger partial charge < -0.3 is 9.73 Å². The van der Waals surface area contributed by atoms with Crippen LogP contribution in [-0.2, 0) is 12.8 Å². The second kappa shape index (κ2) is 6.09. The number of carbonyl (C=O) groups excluding carboxylic acids is 1. The van der Waals surface area contributed by atoms with Gasteiger partial charge in [-0.25, -0.2) is 0 Å². The molecule has 3 aromatic rings. The van der Waals surface area contributed by atoms with Crippen molar-refractivity contribution in [1.29, 1.82) is 0 Å². The Labute approximate surface area is 122 Å². The summed E-state index contributed by atoms with van der Waals surface area (Å²) in [4.78, 5) is 11.8. The van der Waals surface area contributed by atoms with Crippen molar-refractivity contribution in [1.82, 2.24) is 10.2 Å². The number of aromatic nitrogens is 2. The molecule has 0 atom stereocenters. The molecule has 0 spiro atoms. The first kappa shape index (κ1) is 13.2. The Kier molecular flexibility index (Phi) is 3.82. The van der Waals surface area contributed by atoms with E-state index in [0.717, 1.165) is 18.5 Å². The number of furan rings is 1. The highest BCUT2D eigenvalue weighted by molar-refractivity contribution is 6.01. The maximum atomic E-state index is 11.8. The molecule has 3 rings (SSSR count). The van der Waals surface area contributed by atoms with Crippen molar-refractivity contribution in [3.8, 4) is 0 Å². The van der Waals surface area contributed by atoms with Crippen molar-refractivity contribution in [3.05, 3.63) is 71.8 Å². The first-order valence-electron chi connectivity index (χ1n) is 6.74. The molecule has 2 N–H and O–H groups in total. The second-order valence-corrected chi connectivity index (χ2v) is 4.70. The largest absolute Gasteiger partial charge is 0.459 e. The average molecular weight is 281 g/mol. The number of hydrogen-bond acceptors (Lipinski definition) is 3.